The second-order valence-electron chi connectivity index (χ2n) is 7.67. The summed E-state index contributed by atoms with van der Waals surface area (Å²) in [6.07, 6.45) is 0.660. The van der Waals surface area contributed by atoms with E-state index in [2.05, 4.69) is 4.72 Å². The summed E-state index contributed by atoms with van der Waals surface area (Å²) >= 11 is 0. The fourth-order valence-electron chi connectivity index (χ4n) is 3.83. The molecule has 34 heavy (non-hydrogen) atoms. The molecule has 2 aromatic rings. The minimum atomic E-state index is -3.89. The Balaban J connectivity index is 1.86. The van der Waals surface area contributed by atoms with Gasteiger partial charge in [-0.2, -0.15) is 0 Å². The number of fused-ring (bicyclic) bond motifs is 1. The number of hydrogen-bond acceptors (Lipinski definition) is 7. The Morgan fingerprint density at radius 1 is 1.00 bits per heavy atom. The molecule has 0 atom stereocenters. The Labute approximate surface area is 201 Å². The van der Waals surface area contributed by atoms with Gasteiger partial charge in [-0.3, -0.25) is 4.79 Å². The van der Waals surface area contributed by atoms with Gasteiger partial charge in [-0.15, -0.1) is 0 Å². The molecule has 0 fully saturated rings. The summed E-state index contributed by atoms with van der Waals surface area (Å²) in [5.74, 6) is 1.26. The molecule has 0 saturated heterocycles. The molecule has 186 valence electrons. The van der Waals surface area contributed by atoms with Crippen LogP contribution in [0.1, 0.15) is 35.3 Å². The summed E-state index contributed by atoms with van der Waals surface area (Å²) in [5.41, 5.74) is 2.36. The minimum absolute atomic E-state index is 0.0886. The van der Waals surface area contributed by atoms with Gasteiger partial charge in [0.05, 0.1) is 26.9 Å². The maximum Gasteiger partial charge on any atom is 0.254 e. The van der Waals surface area contributed by atoms with E-state index in [9.17, 15) is 13.2 Å². The average Bonchev–Trinajstić information content (AvgIpc) is 2.83. The first-order valence-corrected chi connectivity index (χ1v) is 12.7. The highest BCUT2D eigenvalue weighted by Crippen LogP contribution is 2.34. The molecule has 9 nitrogen and oxygen atoms in total. The molecule has 0 saturated carbocycles. The highest BCUT2D eigenvalue weighted by atomic mass is 32.2. The number of nitrogens with zero attached hydrogens (tertiary/aromatic N) is 1. The Morgan fingerprint density at radius 3 is 2.29 bits per heavy atom. The summed E-state index contributed by atoms with van der Waals surface area (Å²) in [6, 6.07) is 8.34. The monoisotopic (exact) mass is 492 g/mol. The number of carbonyl (C=O) groups is 1. The lowest BCUT2D eigenvalue weighted by Gasteiger charge is -2.30. The van der Waals surface area contributed by atoms with E-state index in [0.717, 1.165) is 11.1 Å². The molecule has 1 heterocycles. The van der Waals surface area contributed by atoms with Crippen molar-refractivity contribution in [3.05, 3.63) is 47.0 Å². The second kappa shape index (κ2) is 11.5. The molecular formula is C24H32N2O7S. The van der Waals surface area contributed by atoms with E-state index in [1.807, 2.05) is 26.0 Å². The van der Waals surface area contributed by atoms with Gasteiger partial charge >= 0.3 is 0 Å². The van der Waals surface area contributed by atoms with E-state index in [1.165, 1.54) is 26.4 Å². The first-order valence-electron chi connectivity index (χ1n) is 11.2. The minimum Gasteiger partial charge on any atom is -0.495 e. The van der Waals surface area contributed by atoms with Crippen LogP contribution in [0.15, 0.2) is 35.2 Å². The molecule has 3 rings (SSSR count). The van der Waals surface area contributed by atoms with E-state index in [4.69, 9.17) is 18.9 Å². The number of carbonyl (C=O) groups excluding carboxylic acids is 1. The molecule has 0 bridgehead atoms. The largest absolute Gasteiger partial charge is 0.495 e. The van der Waals surface area contributed by atoms with Gasteiger partial charge in [-0.1, -0.05) is 0 Å². The zero-order chi connectivity index (χ0) is 24.7. The molecule has 0 spiro atoms. The number of amides is 1. The Morgan fingerprint density at radius 2 is 1.68 bits per heavy atom. The number of benzene rings is 2. The van der Waals surface area contributed by atoms with Crippen LogP contribution in [0.25, 0.3) is 0 Å². The Hall–Kier alpha value is -2.82. The molecule has 1 N–H and O–H groups in total. The fourth-order valence-corrected chi connectivity index (χ4v) is 5.04. The number of methoxy groups -OCH3 is 2. The molecular weight excluding hydrogens is 460 g/mol. The summed E-state index contributed by atoms with van der Waals surface area (Å²) in [7, 11) is -1.02. The van der Waals surface area contributed by atoms with Crippen LogP contribution in [-0.2, 0) is 27.7 Å². The lowest BCUT2D eigenvalue weighted by atomic mass is 9.98. The highest BCUT2D eigenvalue weighted by molar-refractivity contribution is 7.89. The van der Waals surface area contributed by atoms with Crippen LogP contribution in [-0.4, -0.2) is 66.4 Å². The van der Waals surface area contributed by atoms with Gasteiger partial charge in [0.15, 0.2) is 11.5 Å². The topological polar surface area (TPSA) is 103 Å². The van der Waals surface area contributed by atoms with Crippen molar-refractivity contribution in [2.75, 3.05) is 47.1 Å². The van der Waals surface area contributed by atoms with Crippen molar-refractivity contribution in [3.8, 4) is 17.2 Å². The Bertz CT molecular complexity index is 1120. The van der Waals surface area contributed by atoms with Gasteiger partial charge in [0.2, 0.25) is 10.0 Å². The van der Waals surface area contributed by atoms with Crippen molar-refractivity contribution < 1.29 is 32.2 Å². The van der Waals surface area contributed by atoms with Gasteiger partial charge in [0, 0.05) is 32.3 Å². The number of hydrogen-bond donors (Lipinski definition) is 1. The van der Waals surface area contributed by atoms with Crippen LogP contribution < -0.4 is 18.9 Å². The second-order valence-corrected chi connectivity index (χ2v) is 9.40. The van der Waals surface area contributed by atoms with E-state index < -0.39 is 10.0 Å². The maximum atomic E-state index is 13.3. The molecule has 0 aliphatic carbocycles. The quantitative estimate of drug-likeness (QED) is 0.481. The van der Waals surface area contributed by atoms with Gasteiger partial charge in [0.25, 0.3) is 5.91 Å². The van der Waals surface area contributed by atoms with Gasteiger partial charge < -0.3 is 23.8 Å². The SMILES string of the molecule is CCOc1cc2c(cc1OCC)CN(C(=O)c1ccc(OC)c(S(=O)(=O)NCCOC)c1)CC2. The molecule has 10 heteroatoms. The standard InChI is InChI=1S/C24H32N2O7S/c1-5-32-21-13-17-9-11-26(16-19(17)14-22(21)33-6-2)24(27)18-7-8-20(31-4)23(15-18)34(28,29)25-10-12-30-3/h7-8,13-15,25H,5-6,9-12,16H2,1-4H3. The van der Waals surface area contributed by atoms with E-state index in [1.54, 1.807) is 11.0 Å². The fraction of sp³-hybridized carbons (Fsp3) is 0.458. The maximum absolute atomic E-state index is 13.3. The lowest BCUT2D eigenvalue weighted by Crippen LogP contribution is -2.36. The molecule has 2 aromatic carbocycles. The molecule has 0 radical (unpaired) electrons. The Kier molecular flexibility index (Phi) is 8.76. The molecule has 0 unspecified atom stereocenters. The highest BCUT2D eigenvalue weighted by Gasteiger charge is 2.26. The zero-order valence-corrected chi connectivity index (χ0v) is 20.9. The van der Waals surface area contributed by atoms with Crippen LogP contribution in [0, 0.1) is 0 Å². The molecule has 1 aliphatic rings. The number of rotatable bonds is 11. The van der Waals surface area contributed by atoms with Crippen LogP contribution in [0.2, 0.25) is 0 Å². The predicted octanol–water partition coefficient (Wildman–Crippen LogP) is 2.62. The van der Waals surface area contributed by atoms with Crippen molar-refractivity contribution in [1.29, 1.82) is 0 Å². The predicted molar refractivity (Wildman–Crippen MR) is 127 cm³/mol. The smallest absolute Gasteiger partial charge is 0.254 e. The summed E-state index contributed by atoms with van der Waals surface area (Å²) in [5, 5.41) is 0. The van der Waals surface area contributed by atoms with Crippen molar-refractivity contribution in [1.82, 2.24) is 9.62 Å². The first kappa shape index (κ1) is 25.8. The lowest BCUT2D eigenvalue weighted by molar-refractivity contribution is 0.0734. The third-order valence-corrected chi connectivity index (χ3v) is 6.95. The van der Waals surface area contributed by atoms with Crippen molar-refractivity contribution in [2.24, 2.45) is 0 Å². The average molecular weight is 493 g/mol. The van der Waals surface area contributed by atoms with Gasteiger partial charge in [-0.05, 0) is 61.7 Å². The van der Waals surface area contributed by atoms with Crippen molar-refractivity contribution in [2.45, 2.75) is 31.7 Å². The summed E-state index contributed by atoms with van der Waals surface area (Å²) in [6.45, 7) is 6.09. The normalized spacial score (nSPS) is 13.4. The van der Waals surface area contributed by atoms with Crippen LogP contribution in [0.5, 0.6) is 17.2 Å². The van der Waals surface area contributed by atoms with E-state index in [-0.39, 0.29) is 35.3 Å². The van der Waals surface area contributed by atoms with Gasteiger partial charge in [-0.25, -0.2) is 13.1 Å². The number of ether oxygens (including phenoxy) is 4. The van der Waals surface area contributed by atoms with Crippen LogP contribution in [0.4, 0.5) is 0 Å². The molecule has 1 amide bonds. The van der Waals surface area contributed by atoms with E-state index >= 15 is 0 Å². The van der Waals surface area contributed by atoms with Crippen LogP contribution in [0.3, 0.4) is 0 Å². The first-order chi connectivity index (χ1) is 16.3. The van der Waals surface area contributed by atoms with Crippen molar-refractivity contribution in [3.63, 3.8) is 0 Å². The zero-order valence-electron chi connectivity index (χ0n) is 20.0. The van der Waals surface area contributed by atoms with Crippen molar-refractivity contribution >= 4 is 15.9 Å². The summed E-state index contributed by atoms with van der Waals surface area (Å²) < 4.78 is 49.6. The van der Waals surface area contributed by atoms with Crippen LogP contribution >= 0.6 is 0 Å². The third kappa shape index (κ3) is 5.81. The summed E-state index contributed by atoms with van der Waals surface area (Å²) in [4.78, 5) is 14.9. The number of nitrogens with one attached hydrogen (secondary N) is 1. The number of sulfonamides is 1. The van der Waals surface area contributed by atoms with E-state index in [0.29, 0.717) is 44.2 Å². The third-order valence-electron chi connectivity index (χ3n) is 5.46. The van der Waals surface area contributed by atoms with Gasteiger partial charge in [0.1, 0.15) is 10.6 Å². The molecule has 1 aliphatic heterocycles. The molecule has 0 aromatic heterocycles.